The van der Waals surface area contributed by atoms with Gasteiger partial charge in [0.25, 0.3) is 5.91 Å². The number of nitrogen functional groups attached to an aromatic ring is 1. The third kappa shape index (κ3) is 5.11. The third-order valence-corrected chi connectivity index (χ3v) is 6.00. The Bertz CT molecular complexity index is 1190. The molecule has 1 aliphatic rings. The molecule has 3 N–H and O–H groups in total. The highest BCUT2D eigenvalue weighted by Gasteiger charge is 2.26. The number of ether oxygens (including phenoxy) is 1. The number of hydrogen-bond acceptors (Lipinski definition) is 6. The molecule has 0 bridgehead atoms. The second-order valence-corrected chi connectivity index (χ2v) is 8.54. The normalized spacial score (nSPS) is 14.0. The van der Waals surface area contributed by atoms with Gasteiger partial charge >= 0.3 is 5.97 Å². The largest absolute Gasteiger partial charge is 0.478 e. The van der Waals surface area contributed by atoms with E-state index in [4.69, 9.17) is 10.5 Å². The van der Waals surface area contributed by atoms with Crippen LogP contribution in [-0.2, 0) is 0 Å². The second-order valence-electron chi connectivity index (χ2n) is 8.54. The lowest BCUT2D eigenvalue weighted by Gasteiger charge is -2.32. The van der Waals surface area contributed by atoms with Crippen LogP contribution in [0.15, 0.2) is 60.8 Å². The molecule has 8 nitrogen and oxygen atoms in total. The number of amides is 1. The van der Waals surface area contributed by atoms with E-state index < -0.39 is 5.97 Å². The van der Waals surface area contributed by atoms with Crippen LogP contribution >= 0.6 is 0 Å². The molecule has 0 radical (unpaired) electrons. The van der Waals surface area contributed by atoms with Crippen molar-refractivity contribution in [3.8, 4) is 17.0 Å². The Morgan fingerprint density at radius 3 is 2.38 bits per heavy atom. The number of benzene rings is 2. The van der Waals surface area contributed by atoms with E-state index in [0.29, 0.717) is 31.8 Å². The number of anilines is 2. The van der Waals surface area contributed by atoms with Crippen LogP contribution in [0.4, 0.5) is 11.4 Å². The molecule has 0 atom stereocenters. The molecule has 3 aromatic rings. The van der Waals surface area contributed by atoms with Gasteiger partial charge in [-0.15, -0.1) is 0 Å². The maximum Gasteiger partial charge on any atom is 0.335 e. The van der Waals surface area contributed by atoms with Crippen molar-refractivity contribution in [1.29, 1.82) is 0 Å². The highest BCUT2D eigenvalue weighted by atomic mass is 16.5. The summed E-state index contributed by atoms with van der Waals surface area (Å²) < 4.78 is 6.13. The predicted molar refractivity (Wildman–Crippen MR) is 131 cm³/mol. The van der Waals surface area contributed by atoms with E-state index in [0.717, 1.165) is 16.8 Å². The van der Waals surface area contributed by atoms with Gasteiger partial charge in [-0.2, -0.15) is 0 Å². The molecule has 34 heavy (non-hydrogen) atoms. The summed E-state index contributed by atoms with van der Waals surface area (Å²) in [5.74, 6) is -0.803. The molecule has 1 aliphatic heterocycles. The van der Waals surface area contributed by atoms with E-state index in [1.54, 1.807) is 11.1 Å². The maximum atomic E-state index is 12.9. The maximum absolute atomic E-state index is 12.9. The molecule has 4 rings (SSSR count). The van der Waals surface area contributed by atoms with Crippen molar-refractivity contribution < 1.29 is 19.4 Å². The van der Waals surface area contributed by atoms with E-state index in [2.05, 4.69) is 34.1 Å². The Morgan fingerprint density at radius 1 is 1.03 bits per heavy atom. The summed E-state index contributed by atoms with van der Waals surface area (Å²) in [5, 5.41) is 9.20. The van der Waals surface area contributed by atoms with Crippen LogP contribution in [0.3, 0.4) is 0 Å². The number of carboxylic acid groups (broad SMARTS) is 1. The molecule has 8 heteroatoms. The molecule has 2 heterocycles. The summed E-state index contributed by atoms with van der Waals surface area (Å²) in [4.78, 5) is 32.3. The second kappa shape index (κ2) is 9.82. The van der Waals surface area contributed by atoms with Gasteiger partial charge < -0.3 is 25.4 Å². The van der Waals surface area contributed by atoms with Crippen LogP contribution in [0, 0.1) is 0 Å². The van der Waals surface area contributed by atoms with E-state index in [1.165, 1.54) is 18.2 Å². The monoisotopic (exact) mass is 460 g/mol. The minimum atomic E-state index is -1.09. The number of likely N-dealkylation sites (tertiary alicyclic amines) is 1. The fraction of sp³-hybridized carbons (Fsp3) is 0.269. The van der Waals surface area contributed by atoms with Gasteiger partial charge in [-0.1, -0.05) is 12.1 Å². The quantitative estimate of drug-likeness (QED) is 0.539. The van der Waals surface area contributed by atoms with Gasteiger partial charge in [-0.05, 0) is 47.5 Å². The number of carboxylic acids is 1. The highest BCUT2D eigenvalue weighted by Crippen LogP contribution is 2.27. The number of rotatable bonds is 6. The van der Waals surface area contributed by atoms with Crippen molar-refractivity contribution in [3.05, 3.63) is 71.9 Å². The number of nitrogens with zero attached hydrogens (tertiary/aromatic N) is 3. The number of piperidine rings is 1. The zero-order chi connectivity index (χ0) is 24.2. The van der Waals surface area contributed by atoms with Gasteiger partial charge in [0.15, 0.2) is 0 Å². The number of hydrogen-bond donors (Lipinski definition) is 2. The van der Waals surface area contributed by atoms with Crippen LogP contribution in [0.25, 0.3) is 11.1 Å². The number of carbonyl (C=O) groups excluding carboxylic acids is 1. The van der Waals surface area contributed by atoms with E-state index >= 15 is 0 Å². The van der Waals surface area contributed by atoms with Crippen LogP contribution < -0.4 is 15.4 Å². The Morgan fingerprint density at radius 2 is 1.74 bits per heavy atom. The summed E-state index contributed by atoms with van der Waals surface area (Å²) in [6.45, 7) is 0.984. The molecule has 0 unspecified atom stereocenters. The molecular weight excluding hydrogens is 432 g/mol. The summed E-state index contributed by atoms with van der Waals surface area (Å²) in [5.41, 5.74) is 9.70. The molecule has 176 valence electrons. The van der Waals surface area contributed by atoms with Gasteiger partial charge in [0, 0.05) is 63.7 Å². The topological polar surface area (TPSA) is 109 Å². The smallest absolute Gasteiger partial charge is 0.335 e. The lowest BCUT2D eigenvalue weighted by Crippen LogP contribution is -2.42. The average Bonchev–Trinajstić information content (AvgIpc) is 2.84. The molecular formula is C26H28N4O4. The molecule has 2 aromatic carbocycles. The van der Waals surface area contributed by atoms with Gasteiger partial charge in [-0.25, -0.2) is 9.78 Å². The molecule has 1 aromatic heterocycles. The van der Waals surface area contributed by atoms with Crippen molar-refractivity contribution >= 4 is 23.3 Å². The standard InChI is InChI=1S/C26H28N4O4/c1-29(2)20-6-3-17(4-7-20)18-9-12-28-24(16-18)34-21-10-13-30(14-11-21)25(31)22-15-19(26(32)33)5-8-23(22)27/h3-9,12,15-16,21H,10-11,13-14,27H2,1-2H3,(H,32,33). The number of aromatic nitrogens is 1. The Kier molecular flexibility index (Phi) is 6.67. The summed E-state index contributed by atoms with van der Waals surface area (Å²) in [7, 11) is 4.02. The van der Waals surface area contributed by atoms with Crippen LogP contribution in [0.2, 0.25) is 0 Å². The van der Waals surface area contributed by atoms with Gasteiger partial charge in [0.05, 0.1) is 11.1 Å². The van der Waals surface area contributed by atoms with Crippen LogP contribution in [-0.4, -0.2) is 60.2 Å². The summed E-state index contributed by atoms with van der Waals surface area (Å²) >= 11 is 0. The average molecular weight is 461 g/mol. The van der Waals surface area contributed by atoms with Crippen molar-refractivity contribution in [2.24, 2.45) is 0 Å². The highest BCUT2D eigenvalue weighted by molar-refractivity contribution is 6.01. The SMILES string of the molecule is CN(C)c1ccc(-c2ccnc(OC3CCN(C(=O)c4cc(C(=O)O)ccc4N)CC3)c2)cc1. The third-order valence-electron chi connectivity index (χ3n) is 6.00. The zero-order valence-electron chi connectivity index (χ0n) is 19.3. The molecule has 1 amide bonds. The van der Waals surface area contributed by atoms with Crippen molar-refractivity contribution in [3.63, 3.8) is 0 Å². The van der Waals surface area contributed by atoms with E-state index in [-0.39, 0.29) is 28.8 Å². The lowest BCUT2D eigenvalue weighted by atomic mass is 10.0. The number of nitrogens with two attached hydrogens (primary N) is 1. The van der Waals surface area contributed by atoms with Gasteiger partial charge in [-0.3, -0.25) is 4.79 Å². The fourth-order valence-corrected chi connectivity index (χ4v) is 4.00. The molecule has 0 spiro atoms. The minimum Gasteiger partial charge on any atom is -0.478 e. The van der Waals surface area contributed by atoms with Crippen LogP contribution in [0.1, 0.15) is 33.6 Å². The predicted octanol–water partition coefficient (Wildman–Crippen LogP) is 3.78. The van der Waals surface area contributed by atoms with E-state index in [9.17, 15) is 14.7 Å². The Hall–Kier alpha value is -4.07. The Balaban J connectivity index is 1.38. The first kappa shape index (κ1) is 23.1. The molecule has 0 aliphatic carbocycles. The summed E-state index contributed by atoms with van der Waals surface area (Å²) in [6.07, 6.45) is 2.97. The zero-order valence-corrected chi connectivity index (χ0v) is 19.3. The van der Waals surface area contributed by atoms with Gasteiger partial charge in [0.2, 0.25) is 5.88 Å². The van der Waals surface area contributed by atoms with Crippen molar-refractivity contribution in [2.45, 2.75) is 18.9 Å². The Labute approximate surface area is 198 Å². The number of aromatic carboxylic acids is 1. The minimum absolute atomic E-state index is 0.0399. The lowest BCUT2D eigenvalue weighted by molar-refractivity contribution is 0.0589. The van der Waals surface area contributed by atoms with Crippen molar-refractivity contribution in [1.82, 2.24) is 9.88 Å². The molecule has 1 fully saturated rings. The summed E-state index contributed by atoms with van der Waals surface area (Å²) in [6, 6.07) is 16.4. The van der Waals surface area contributed by atoms with Crippen LogP contribution in [0.5, 0.6) is 5.88 Å². The fourth-order valence-electron chi connectivity index (χ4n) is 4.00. The first-order valence-corrected chi connectivity index (χ1v) is 11.1. The first-order valence-electron chi connectivity index (χ1n) is 11.1. The van der Waals surface area contributed by atoms with Crippen molar-refractivity contribution in [2.75, 3.05) is 37.8 Å². The number of pyridine rings is 1. The van der Waals surface area contributed by atoms with Gasteiger partial charge in [0.1, 0.15) is 6.10 Å². The first-order chi connectivity index (χ1) is 16.3. The molecule has 0 saturated carbocycles. The van der Waals surface area contributed by atoms with E-state index in [1.807, 2.05) is 26.2 Å². The molecule has 1 saturated heterocycles. The number of carbonyl (C=O) groups is 2.